The van der Waals surface area contributed by atoms with Gasteiger partial charge < -0.3 is 15.0 Å². The highest BCUT2D eigenvalue weighted by atomic mass is 35.5. The van der Waals surface area contributed by atoms with Crippen LogP contribution in [-0.4, -0.2) is 47.6 Å². The van der Waals surface area contributed by atoms with Crippen LogP contribution in [-0.2, 0) is 4.74 Å². The van der Waals surface area contributed by atoms with Crippen molar-refractivity contribution in [1.82, 2.24) is 9.88 Å². The molecule has 1 aliphatic heterocycles. The third-order valence-electron chi connectivity index (χ3n) is 3.15. The summed E-state index contributed by atoms with van der Waals surface area (Å²) in [5, 5.41) is 3.46. The number of nitrogens with zero attached hydrogens (tertiary/aromatic N) is 2. The summed E-state index contributed by atoms with van der Waals surface area (Å²) >= 11 is 6.11. The Kier molecular flexibility index (Phi) is 4.83. The van der Waals surface area contributed by atoms with E-state index in [0.717, 1.165) is 6.54 Å². The summed E-state index contributed by atoms with van der Waals surface area (Å²) in [4.78, 5) is 18.5. The molecule has 0 saturated carbocycles. The number of hydrogen-bond acceptors (Lipinski definition) is 4. The molecule has 1 aromatic heterocycles. The van der Waals surface area contributed by atoms with Crippen LogP contribution in [0.3, 0.4) is 0 Å². The highest BCUT2D eigenvalue weighted by molar-refractivity contribution is 6.33. The van der Waals surface area contributed by atoms with Crippen LogP contribution in [0.15, 0.2) is 12.3 Å². The van der Waals surface area contributed by atoms with Gasteiger partial charge in [0.15, 0.2) is 0 Å². The minimum atomic E-state index is -0.0708. The number of anilines is 1. The third kappa shape index (κ3) is 3.41. The Labute approximate surface area is 124 Å². The predicted octanol–water partition coefficient (Wildman–Crippen LogP) is 2.42. The van der Waals surface area contributed by atoms with Crippen LogP contribution in [0, 0.1) is 0 Å². The van der Waals surface area contributed by atoms with Gasteiger partial charge in [-0.1, -0.05) is 11.6 Å². The van der Waals surface area contributed by atoms with Gasteiger partial charge in [0.2, 0.25) is 0 Å². The lowest BCUT2D eigenvalue weighted by atomic mass is 10.1. The van der Waals surface area contributed by atoms with Gasteiger partial charge in [0, 0.05) is 25.8 Å². The van der Waals surface area contributed by atoms with E-state index < -0.39 is 0 Å². The molecule has 2 unspecified atom stereocenters. The molecule has 0 bridgehead atoms. The zero-order valence-electron chi connectivity index (χ0n) is 12.0. The molecule has 2 heterocycles. The number of rotatable bonds is 3. The Hall–Kier alpha value is -1.33. The molecule has 1 aliphatic rings. The maximum Gasteiger partial charge on any atom is 0.255 e. The maximum atomic E-state index is 12.6. The number of halogens is 1. The van der Waals surface area contributed by atoms with Crippen LogP contribution in [0.5, 0.6) is 0 Å². The summed E-state index contributed by atoms with van der Waals surface area (Å²) in [5.74, 6) is 0.591. The van der Waals surface area contributed by atoms with Crippen molar-refractivity contribution in [1.29, 1.82) is 0 Å². The standard InChI is InChI=1S/C14H20ClN3O2/c1-4-16-13-5-11(12(15)6-17-13)14(19)18-7-9(2)20-10(3)8-18/h5-6,9-10H,4,7-8H2,1-3H3,(H,16,17). The van der Waals surface area contributed by atoms with E-state index in [-0.39, 0.29) is 18.1 Å². The Morgan fingerprint density at radius 2 is 2.15 bits per heavy atom. The number of carbonyl (C=O) groups is 1. The second kappa shape index (κ2) is 6.41. The molecule has 2 rings (SSSR count). The Morgan fingerprint density at radius 3 is 2.75 bits per heavy atom. The third-order valence-corrected chi connectivity index (χ3v) is 3.45. The molecule has 1 amide bonds. The van der Waals surface area contributed by atoms with E-state index in [4.69, 9.17) is 16.3 Å². The van der Waals surface area contributed by atoms with Crippen molar-refractivity contribution in [2.24, 2.45) is 0 Å². The van der Waals surface area contributed by atoms with Gasteiger partial charge in [-0.2, -0.15) is 0 Å². The van der Waals surface area contributed by atoms with Gasteiger partial charge in [-0.05, 0) is 26.8 Å². The number of pyridine rings is 1. The number of hydrogen-bond donors (Lipinski definition) is 1. The van der Waals surface area contributed by atoms with Gasteiger partial charge in [-0.15, -0.1) is 0 Å². The van der Waals surface area contributed by atoms with Crippen molar-refractivity contribution in [3.63, 3.8) is 0 Å². The molecule has 5 nitrogen and oxygen atoms in total. The van der Waals surface area contributed by atoms with Crippen molar-refractivity contribution in [2.45, 2.75) is 33.0 Å². The topological polar surface area (TPSA) is 54.5 Å². The lowest BCUT2D eigenvalue weighted by Crippen LogP contribution is -2.48. The van der Waals surface area contributed by atoms with Gasteiger partial charge in [0.05, 0.1) is 22.8 Å². The molecular weight excluding hydrogens is 278 g/mol. The van der Waals surface area contributed by atoms with Crippen molar-refractivity contribution in [3.05, 3.63) is 22.8 Å². The fourth-order valence-corrected chi connectivity index (χ4v) is 2.58. The normalized spacial score (nSPS) is 22.7. The fraction of sp³-hybridized carbons (Fsp3) is 0.571. The second-order valence-electron chi connectivity index (χ2n) is 5.05. The monoisotopic (exact) mass is 297 g/mol. The van der Waals surface area contributed by atoms with Crippen LogP contribution in [0.1, 0.15) is 31.1 Å². The van der Waals surface area contributed by atoms with Crippen LogP contribution in [0.25, 0.3) is 0 Å². The molecule has 20 heavy (non-hydrogen) atoms. The van der Waals surface area contributed by atoms with Gasteiger partial charge in [0.25, 0.3) is 5.91 Å². The molecule has 0 aliphatic carbocycles. The van der Waals surface area contributed by atoms with Crippen molar-refractivity contribution in [3.8, 4) is 0 Å². The van der Waals surface area contributed by atoms with E-state index >= 15 is 0 Å². The Balaban J connectivity index is 2.21. The van der Waals surface area contributed by atoms with E-state index in [1.54, 1.807) is 11.0 Å². The minimum Gasteiger partial charge on any atom is -0.372 e. The Morgan fingerprint density at radius 1 is 1.50 bits per heavy atom. The van der Waals surface area contributed by atoms with Crippen LogP contribution < -0.4 is 5.32 Å². The summed E-state index contributed by atoms with van der Waals surface area (Å²) in [6.07, 6.45) is 1.59. The molecule has 0 radical (unpaired) electrons. The molecule has 6 heteroatoms. The van der Waals surface area contributed by atoms with E-state index in [9.17, 15) is 4.79 Å². The largest absolute Gasteiger partial charge is 0.372 e. The van der Waals surface area contributed by atoms with E-state index in [2.05, 4.69) is 10.3 Å². The zero-order chi connectivity index (χ0) is 14.7. The van der Waals surface area contributed by atoms with Gasteiger partial charge in [-0.25, -0.2) is 4.98 Å². The molecule has 1 aromatic rings. The number of nitrogens with one attached hydrogen (secondary N) is 1. The Bertz CT molecular complexity index is 485. The summed E-state index contributed by atoms with van der Waals surface area (Å²) in [6, 6.07) is 1.71. The van der Waals surface area contributed by atoms with Crippen molar-refractivity contribution < 1.29 is 9.53 Å². The van der Waals surface area contributed by atoms with E-state index in [1.807, 2.05) is 20.8 Å². The molecule has 1 N–H and O–H groups in total. The number of aromatic nitrogens is 1. The maximum absolute atomic E-state index is 12.6. The number of morpholine rings is 1. The highest BCUT2D eigenvalue weighted by Crippen LogP contribution is 2.22. The first-order valence-corrected chi connectivity index (χ1v) is 7.23. The lowest BCUT2D eigenvalue weighted by Gasteiger charge is -2.35. The van der Waals surface area contributed by atoms with Gasteiger partial charge >= 0.3 is 0 Å². The van der Waals surface area contributed by atoms with Crippen LogP contribution in [0.2, 0.25) is 5.02 Å². The second-order valence-corrected chi connectivity index (χ2v) is 5.45. The van der Waals surface area contributed by atoms with Crippen LogP contribution >= 0.6 is 11.6 Å². The highest BCUT2D eigenvalue weighted by Gasteiger charge is 2.27. The average molecular weight is 298 g/mol. The first-order chi connectivity index (χ1) is 9.51. The lowest BCUT2D eigenvalue weighted by molar-refractivity contribution is -0.0586. The quantitative estimate of drug-likeness (QED) is 0.931. The molecule has 0 spiro atoms. The SMILES string of the molecule is CCNc1cc(C(=O)N2CC(C)OC(C)C2)c(Cl)cn1. The first kappa shape index (κ1) is 15.1. The molecule has 1 saturated heterocycles. The number of carbonyl (C=O) groups excluding carboxylic acids is 1. The van der Waals surface area contributed by atoms with E-state index in [0.29, 0.717) is 29.5 Å². The summed E-state index contributed by atoms with van der Waals surface area (Å²) in [5.41, 5.74) is 0.485. The predicted molar refractivity (Wildman–Crippen MR) is 79.3 cm³/mol. The minimum absolute atomic E-state index is 0.0385. The molecule has 2 atom stereocenters. The zero-order valence-corrected chi connectivity index (χ0v) is 12.8. The molecule has 0 aromatic carbocycles. The number of amides is 1. The smallest absolute Gasteiger partial charge is 0.255 e. The number of ether oxygens (including phenoxy) is 1. The fourth-order valence-electron chi connectivity index (χ4n) is 2.39. The first-order valence-electron chi connectivity index (χ1n) is 6.85. The molecule has 110 valence electrons. The molecule has 1 fully saturated rings. The van der Waals surface area contributed by atoms with E-state index in [1.165, 1.54) is 6.20 Å². The van der Waals surface area contributed by atoms with Crippen molar-refractivity contribution in [2.75, 3.05) is 25.0 Å². The molecular formula is C14H20ClN3O2. The van der Waals surface area contributed by atoms with Gasteiger partial charge in [-0.3, -0.25) is 4.79 Å². The summed E-state index contributed by atoms with van der Waals surface area (Å²) < 4.78 is 5.64. The van der Waals surface area contributed by atoms with Crippen LogP contribution in [0.4, 0.5) is 5.82 Å². The summed E-state index contributed by atoms with van der Waals surface area (Å²) in [6.45, 7) is 7.82. The summed E-state index contributed by atoms with van der Waals surface area (Å²) in [7, 11) is 0. The average Bonchev–Trinajstić information content (AvgIpc) is 2.39. The van der Waals surface area contributed by atoms with Crippen molar-refractivity contribution >= 4 is 23.3 Å². The van der Waals surface area contributed by atoms with Gasteiger partial charge in [0.1, 0.15) is 5.82 Å².